The number of thiazole rings is 2. The second kappa shape index (κ2) is 9.35. The zero-order chi connectivity index (χ0) is 23.5. The number of nitrogens with one attached hydrogen (secondary N) is 1. The Hall–Kier alpha value is -3.83. The van der Waals surface area contributed by atoms with E-state index < -0.39 is 5.97 Å². The van der Waals surface area contributed by atoms with E-state index in [0.29, 0.717) is 33.9 Å². The molecule has 2 aromatic heterocycles. The third-order valence-electron chi connectivity index (χ3n) is 4.70. The number of nitrogens with two attached hydrogens (primary N) is 1. The van der Waals surface area contributed by atoms with Crippen molar-refractivity contribution in [3.05, 3.63) is 47.3 Å². The summed E-state index contributed by atoms with van der Waals surface area (Å²) in [4.78, 5) is 20.9. The van der Waals surface area contributed by atoms with Crippen LogP contribution in [0.2, 0.25) is 0 Å². The first kappa shape index (κ1) is 22.4. The van der Waals surface area contributed by atoms with E-state index in [1.54, 1.807) is 57.7 Å². The third-order valence-corrected chi connectivity index (χ3v) is 6.68. The van der Waals surface area contributed by atoms with Gasteiger partial charge in [0.25, 0.3) is 0 Å². The van der Waals surface area contributed by atoms with Crippen molar-refractivity contribution in [2.75, 3.05) is 32.4 Å². The number of methoxy groups -OCH3 is 3. The molecule has 0 unspecified atom stereocenters. The van der Waals surface area contributed by atoms with Gasteiger partial charge in [0.05, 0.1) is 32.6 Å². The smallest absolute Gasteiger partial charge is 0.335 e. The van der Waals surface area contributed by atoms with Crippen LogP contribution in [0.4, 0.5) is 16.6 Å². The van der Waals surface area contributed by atoms with Gasteiger partial charge in [-0.3, -0.25) is 0 Å². The number of carboxylic acid groups (broad SMARTS) is 1. The second-order valence-electron chi connectivity index (χ2n) is 6.69. The maximum atomic E-state index is 11.1. The normalized spacial score (nSPS) is 10.6. The molecule has 9 nitrogen and oxygen atoms in total. The zero-order valence-electron chi connectivity index (χ0n) is 17.9. The summed E-state index contributed by atoms with van der Waals surface area (Å²) in [5.41, 5.74) is 8.66. The van der Waals surface area contributed by atoms with E-state index in [0.717, 1.165) is 21.1 Å². The monoisotopic (exact) mass is 484 g/mol. The number of aromatic nitrogens is 2. The van der Waals surface area contributed by atoms with Gasteiger partial charge in [-0.1, -0.05) is 23.5 Å². The number of ether oxygens (including phenoxy) is 3. The minimum atomic E-state index is -0.968. The summed E-state index contributed by atoms with van der Waals surface area (Å²) in [6.07, 6.45) is 0. The van der Waals surface area contributed by atoms with E-state index in [1.807, 2.05) is 5.38 Å². The van der Waals surface area contributed by atoms with Gasteiger partial charge in [-0.05, 0) is 12.1 Å². The summed E-state index contributed by atoms with van der Waals surface area (Å²) in [5.74, 6) is 0.920. The lowest BCUT2D eigenvalue weighted by molar-refractivity contribution is 0.0697. The molecule has 4 N–H and O–H groups in total. The molecule has 0 saturated carbocycles. The molecule has 33 heavy (non-hydrogen) atoms. The summed E-state index contributed by atoms with van der Waals surface area (Å²) in [6.45, 7) is 0. The Morgan fingerprint density at radius 3 is 2.27 bits per heavy atom. The number of carboxylic acids is 1. The topological polar surface area (TPSA) is 129 Å². The number of nitrogens with zero attached hydrogens (tertiary/aromatic N) is 2. The van der Waals surface area contributed by atoms with Crippen molar-refractivity contribution in [2.24, 2.45) is 0 Å². The Kier molecular flexibility index (Phi) is 6.33. The quantitative estimate of drug-likeness (QED) is 0.317. The van der Waals surface area contributed by atoms with Gasteiger partial charge in [0.15, 0.2) is 16.6 Å². The van der Waals surface area contributed by atoms with Crippen molar-refractivity contribution in [3.63, 3.8) is 0 Å². The number of hydrogen-bond acceptors (Lipinski definition) is 10. The summed E-state index contributed by atoms with van der Waals surface area (Å²) in [7, 11) is 4.65. The van der Waals surface area contributed by atoms with Gasteiger partial charge in [-0.2, -0.15) is 0 Å². The van der Waals surface area contributed by atoms with Crippen LogP contribution in [-0.2, 0) is 0 Å². The van der Waals surface area contributed by atoms with Gasteiger partial charge < -0.3 is 30.4 Å². The van der Waals surface area contributed by atoms with Crippen molar-refractivity contribution in [3.8, 4) is 38.4 Å². The van der Waals surface area contributed by atoms with E-state index >= 15 is 0 Å². The van der Waals surface area contributed by atoms with Gasteiger partial charge in [-0.15, -0.1) is 11.3 Å². The second-order valence-corrected chi connectivity index (χ2v) is 8.55. The van der Waals surface area contributed by atoms with Crippen LogP contribution in [0.1, 0.15) is 10.4 Å². The van der Waals surface area contributed by atoms with Crippen LogP contribution in [0, 0.1) is 0 Å². The summed E-state index contributed by atoms with van der Waals surface area (Å²) in [6, 6.07) is 10.1. The maximum Gasteiger partial charge on any atom is 0.335 e. The first-order valence-electron chi connectivity index (χ1n) is 9.56. The number of anilines is 3. The Balaban J connectivity index is 1.59. The Bertz CT molecular complexity index is 1280. The van der Waals surface area contributed by atoms with Crippen LogP contribution in [0.25, 0.3) is 21.1 Å². The van der Waals surface area contributed by atoms with Crippen LogP contribution in [0.3, 0.4) is 0 Å². The molecule has 0 aliphatic rings. The predicted molar refractivity (Wildman–Crippen MR) is 129 cm³/mol. The fourth-order valence-electron chi connectivity index (χ4n) is 3.11. The molecule has 0 bridgehead atoms. The van der Waals surface area contributed by atoms with E-state index in [9.17, 15) is 4.79 Å². The molecule has 0 atom stereocenters. The molecule has 0 saturated heterocycles. The molecule has 170 valence electrons. The molecule has 4 rings (SSSR count). The van der Waals surface area contributed by atoms with Crippen LogP contribution < -0.4 is 25.3 Å². The van der Waals surface area contributed by atoms with Gasteiger partial charge in [0.2, 0.25) is 5.75 Å². The molecule has 0 aliphatic carbocycles. The largest absolute Gasteiger partial charge is 0.493 e. The summed E-state index contributed by atoms with van der Waals surface area (Å²) in [5, 5.41) is 15.5. The van der Waals surface area contributed by atoms with Crippen molar-refractivity contribution in [1.29, 1.82) is 0 Å². The molecule has 0 spiro atoms. The fourth-order valence-corrected chi connectivity index (χ4v) is 4.94. The lowest BCUT2D eigenvalue weighted by Gasteiger charge is -2.14. The third kappa shape index (κ3) is 4.54. The maximum absolute atomic E-state index is 11.1. The zero-order valence-corrected chi connectivity index (χ0v) is 19.5. The van der Waals surface area contributed by atoms with Gasteiger partial charge in [0.1, 0.15) is 15.7 Å². The van der Waals surface area contributed by atoms with Crippen molar-refractivity contribution < 1.29 is 24.1 Å². The highest BCUT2D eigenvalue weighted by Crippen LogP contribution is 2.43. The Labute approximate surface area is 197 Å². The number of hydrogen-bond donors (Lipinski definition) is 3. The number of aromatic carboxylic acids is 1. The highest BCUT2D eigenvalue weighted by molar-refractivity contribution is 7.23. The molecule has 2 aromatic carbocycles. The first-order valence-corrected chi connectivity index (χ1v) is 11.3. The Morgan fingerprint density at radius 1 is 1.03 bits per heavy atom. The number of carbonyl (C=O) groups is 1. The van der Waals surface area contributed by atoms with Crippen LogP contribution in [0.5, 0.6) is 17.2 Å². The van der Waals surface area contributed by atoms with Gasteiger partial charge >= 0.3 is 5.97 Å². The van der Waals surface area contributed by atoms with Crippen LogP contribution >= 0.6 is 22.7 Å². The van der Waals surface area contributed by atoms with Crippen LogP contribution in [-0.4, -0.2) is 42.4 Å². The predicted octanol–water partition coefficient (Wildman–Crippen LogP) is 4.98. The van der Waals surface area contributed by atoms with E-state index in [4.69, 9.17) is 25.1 Å². The lowest BCUT2D eigenvalue weighted by Crippen LogP contribution is -1.97. The molecule has 4 aromatic rings. The highest BCUT2D eigenvalue weighted by atomic mass is 32.1. The number of nitrogen functional groups attached to an aromatic ring is 1. The highest BCUT2D eigenvalue weighted by Gasteiger charge is 2.18. The minimum absolute atomic E-state index is 0.225. The van der Waals surface area contributed by atoms with Crippen LogP contribution in [0.15, 0.2) is 41.8 Å². The molecule has 2 heterocycles. The molecule has 0 amide bonds. The Morgan fingerprint density at radius 2 is 1.70 bits per heavy atom. The summed E-state index contributed by atoms with van der Waals surface area (Å²) >= 11 is 2.81. The fraction of sp³-hybridized carbons (Fsp3) is 0.136. The molecule has 0 fully saturated rings. The average molecular weight is 485 g/mol. The summed E-state index contributed by atoms with van der Waals surface area (Å²) < 4.78 is 16.1. The molecule has 0 radical (unpaired) electrons. The standard InChI is InChI=1S/C22H20N4O5S2/c1-29-15-8-13(9-16(30-2)17(15)31-3)24-22-26-19(23)18(33-22)20-25-14(10-32-20)11-4-6-12(7-5-11)21(27)28/h4-10H,23H2,1-3H3,(H,24,26)(H,27,28). The number of benzene rings is 2. The van der Waals surface area contributed by atoms with Gasteiger partial charge in [0, 0.05) is 28.8 Å². The number of rotatable bonds is 8. The molecule has 11 heteroatoms. The molecular weight excluding hydrogens is 464 g/mol. The minimum Gasteiger partial charge on any atom is -0.493 e. The average Bonchev–Trinajstić information content (AvgIpc) is 3.45. The first-order chi connectivity index (χ1) is 15.9. The lowest BCUT2D eigenvalue weighted by atomic mass is 10.1. The SMILES string of the molecule is COc1cc(Nc2nc(N)c(-c3nc(-c4ccc(C(=O)O)cc4)cs3)s2)cc(OC)c1OC. The van der Waals surface area contributed by atoms with E-state index in [2.05, 4.69) is 15.3 Å². The van der Waals surface area contributed by atoms with Crippen molar-refractivity contribution in [2.45, 2.75) is 0 Å². The van der Waals surface area contributed by atoms with Crippen molar-refractivity contribution in [1.82, 2.24) is 9.97 Å². The molecule has 0 aliphatic heterocycles. The van der Waals surface area contributed by atoms with E-state index in [-0.39, 0.29) is 5.56 Å². The van der Waals surface area contributed by atoms with Gasteiger partial charge in [-0.25, -0.2) is 14.8 Å². The van der Waals surface area contributed by atoms with Crippen molar-refractivity contribution >= 4 is 45.3 Å². The molecular formula is C22H20N4O5S2. The van der Waals surface area contributed by atoms with E-state index in [1.165, 1.54) is 22.7 Å².